The molecule has 1 atom stereocenters. The van der Waals surface area contributed by atoms with Crippen LogP contribution in [-0.4, -0.2) is 29.1 Å². The third-order valence-electron chi connectivity index (χ3n) is 3.53. The molecule has 0 bridgehead atoms. The van der Waals surface area contributed by atoms with E-state index < -0.39 is 0 Å². The van der Waals surface area contributed by atoms with Crippen LogP contribution in [0.15, 0.2) is 24.3 Å². The molecule has 17 heavy (non-hydrogen) atoms. The minimum Gasteiger partial charge on any atom is -0.387 e. The largest absolute Gasteiger partial charge is 0.387 e. The zero-order valence-electron chi connectivity index (χ0n) is 10.9. The summed E-state index contributed by atoms with van der Waals surface area (Å²) >= 11 is 0. The molecule has 0 amide bonds. The molecule has 1 aromatic carbocycles. The summed E-state index contributed by atoms with van der Waals surface area (Å²) in [5.41, 5.74) is 2.27. The highest BCUT2D eigenvalue weighted by Crippen LogP contribution is 2.29. The average Bonchev–Trinajstić information content (AvgIpc) is 3.12. The molecule has 1 aromatic rings. The normalized spacial score (nSPS) is 17.4. The van der Waals surface area contributed by atoms with Gasteiger partial charge in [0.2, 0.25) is 0 Å². The Morgan fingerprint density at radius 3 is 2.65 bits per heavy atom. The maximum absolute atomic E-state index is 10.3. The number of benzene rings is 1. The Morgan fingerprint density at radius 2 is 2.06 bits per heavy atom. The van der Waals surface area contributed by atoms with Gasteiger partial charge in [-0.2, -0.15) is 0 Å². The highest BCUT2D eigenvalue weighted by molar-refractivity contribution is 5.27. The second-order valence-electron chi connectivity index (χ2n) is 5.10. The Hall–Kier alpha value is -0.860. The summed E-state index contributed by atoms with van der Waals surface area (Å²) in [7, 11) is 0. The Bertz CT molecular complexity index is 360. The summed E-state index contributed by atoms with van der Waals surface area (Å²) in [6.45, 7) is 6.16. The van der Waals surface area contributed by atoms with Crippen LogP contribution in [0.1, 0.15) is 43.4 Å². The SMILES string of the molecule is CCCN(CC(O)c1ccccc1C)C1CC1. The summed E-state index contributed by atoms with van der Waals surface area (Å²) in [5.74, 6) is 0. The summed E-state index contributed by atoms with van der Waals surface area (Å²) in [6, 6.07) is 8.87. The van der Waals surface area contributed by atoms with Crippen LogP contribution in [0.5, 0.6) is 0 Å². The van der Waals surface area contributed by atoms with Crippen LogP contribution in [-0.2, 0) is 0 Å². The highest BCUT2D eigenvalue weighted by Gasteiger charge is 2.29. The number of hydrogen-bond donors (Lipinski definition) is 1. The molecule has 0 spiro atoms. The molecule has 1 unspecified atom stereocenters. The van der Waals surface area contributed by atoms with E-state index in [2.05, 4.69) is 24.8 Å². The number of aliphatic hydroxyl groups excluding tert-OH is 1. The van der Waals surface area contributed by atoms with E-state index in [9.17, 15) is 5.11 Å². The number of aryl methyl sites for hydroxylation is 1. The van der Waals surface area contributed by atoms with E-state index in [1.807, 2.05) is 18.2 Å². The first-order valence-electron chi connectivity index (χ1n) is 6.70. The number of rotatable bonds is 6. The van der Waals surface area contributed by atoms with Crippen molar-refractivity contribution in [2.45, 2.75) is 45.3 Å². The van der Waals surface area contributed by atoms with E-state index in [0.717, 1.165) is 31.1 Å². The van der Waals surface area contributed by atoms with Gasteiger partial charge in [-0.3, -0.25) is 4.90 Å². The smallest absolute Gasteiger partial charge is 0.0919 e. The van der Waals surface area contributed by atoms with Crippen molar-refractivity contribution in [1.29, 1.82) is 0 Å². The van der Waals surface area contributed by atoms with Crippen LogP contribution in [0.3, 0.4) is 0 Å². The monoisotopic (exact) mass is 233 g/mol. The molecule has 1 N–H and O–H groups in total. The lowest BCUT2D eigenvalue weighted by molar-refractivity contribution is 0.108. The molecule has 0 heterocycles. The van der Waals surface area contributed by atoms with Crippen molar-refractivity contribution in [2.24, 2.45) is 0 Å². The molecule has 0 saturated heterocycles. The Labute approximate surface area is 104 Å². The van der Waals surface area contributed by atoms with Crippen molar-refractivity contribution < 1.29 is 5.11 Å². The number of nitrogens with zero attached hydrogens (tertiary/aromatic N) is 1. The first kappa shape index (κ1) is 12.6. The van der Waals surface area contributed by atoms with Gasteiger partial charge in [-0.15, -0.1) is 0 Å². The van der Waals surface area contributed by atoms with Gasteiger partial charge in [-0.05, 0) is 43.9 Å². The van der Waals surface area contributed by atoms with Gasteiger partial charge in [0, 0.05) is 12.6 Å². The van der Waals surface area contributed by atoms with Gasteiger partial charge in [0.1, 0.15) is 0 Å². The third kappa shape index (κ3) is 3.30. The minimum absolute atomic E-state index is 0.344. The molecule has 2 rings (SSSR count). The summed E-state index contributed by atoms with van der Waals surface area (Å²) < 4.78 is 0. The lowest BCUT2D eigenvalue weighted by Gasteiger charge is -2.25. The Balaban J connectivity index is 1.99. The zero-order chi connectivity index (χ0) is 12.3. The lowest BCUT2D eigenvalue weighted by atomic mass is 10.0. The van der Waals surface area contributed by atoms with Crippen molar-refractivity contribution in [1.82, 2.24) is 4.90 Å². The minimum atomic E-state index is -0.344. The molecule has 2 nitrogen and oxygen atoms in total. The number of hydrogen-bond acceptors (Lipinski definition) is 2. The Morgan fingerprint density at radius 1 is 1.35 bits per heavy atom. The quantitative estimate of drug-likeness (QED) is 0.816. The van der Waals surface area contributed by atoms with E-state index in [1.165, 1.54) is 18.4 Å². The second kappa shape index (κ2) is 5.65. The number of aliphatic hydroxyl groups is 1. The van der Waals surface area contributed by atoms with Gasteiger partial charge < -0.3 is 5.11 Å². The predicted octanol–water partition coefficient (Wildman–Crippen LogP) is 2.90. The van der Waals surface area contributed by atoms with Crippen LogP contribution in [0.25, 0.3) is 0 Å². The Kier molecular flexibility index (Phi) is 4.19. The van der Waals surface area contributed by atoms with Gasteiger partial charge in [-0.1, -0.05) is 31.2 Å². The van der Waals surface area contributed by atoms with Crippen molar-refractivity contribution in [3.63, 3.8) is 0 Å². The highest BCUT2D eigenvalue weighted by atomic mass is 16.3. The van der Waals surface area contributed by atoms with Crippen LogP contribution in [0, 0.1) is 6.92 Å². The summed E-state index contributed by atoms with van der Waals surface area (Å²) in [5, 5.41) is 10.3. The molecule has 0 aromatic heterocycles. The van der Waals surface area contributed by atoms with E-state index >= 15 is 0 Å². The van der Waals surface area contributed by atoms with E-state index in [4.69, 9.17) is 0 Å². The molecular formula is C15H23NO. The first-order valence-corrected chi connectivity index (χ1v) is 6.70. The van der Waals surface area contributed by atoms with Crippen LogP contribution >= 0.6 is 0 Å². The topological polar surface area (TPSA) is 23.5 Å². The molecule has 1 fully saturated rings. The molecule has 1 aliphatic carbocycles. The van der Waals surface area contributed by atoms with Gasteiger partial charge in [0.05, 0.1) is 6.10 Å². The maximum atomic E-state index is 10.3. The molecule has 94 valence electrons. The molecule has 0 aliphatic heterocycles. The van der Waals surface area contributed by atoms with Gasteiger partial charge in [-0.25, -0.2) is 0 Å². The summed E-state index contributed by atoms with van der Waals surface area (Å²) in [4.78, 5) is 2.44. The fourth-order valence-electron chi connectivity index (χ4n) is 2.43. The van der Waals surface area contributed by atoms with Crippen molar-refractivity contribution in [2.75, 3.05) is 13.1 Å². The lowest BCUT2D eigenvalue weighted by Crippen LogP contribution is -2.31. The molecule has 1 aliphatic rings. The second-order valence-corrected chi connectivity index (χ2v) is 5.10. The van der Waals surface area contributed by atoms with E-state index in [-0.39, 0.29) is 6.10 Å². The predicted molar refractivity (Wildman–Crippen MR) is 71.0 cm³/mol. The van der Waals surface area contributed by atoms with Gasteiger partial charge >= 0.3 is 0 Å². The molecular weight excluding hydrogens is 210 g/mol. The van der Waals surface area contributed by atoms with Crippen molar-refractivity contribution in [3.05, 3.63) is 35.4 Å². The average molecular weight is 233 g/mol. The molecule has 0 radical (unpaired) electrons. The third-order valence-corrected chi connectivity index (χ3v) is 3.53. The fourth-order valence-corrected chi connectivity index (χ4v) is 2.43. The van der Waals surface area contributed by atoms with Crippen LogP contribution < -0.4 is 0 Å². The van der Waals surface area contributed by atoms with Crippen LogP contribution in [0.2, 0.25) is 0 Å². The maximum Gasteiger partial charge on any atom is 0.0919 e. The fraction of sp³-hybridized carbons (Fsp3) is 0.600. The van der Waals surface area contributed by atoms with Crippen molar-refractivity contribution >= 4 is 0 Å². The molecule has 1 saturated carbocycles. The van der Waals surface area contributed by atoms with Gasteiger partial charge in [0.25, 0.3) is 0 Å². The molecule has 2 heteroatoms. The van der Waals surface area contributed by atoms with Gasteiger partial charge in [0.15, 0.2) is 0 Å². The summed E-state index contributed by atoms with van der Waals surface area (Å²) in [6.07, 6.45) is 3.43. The van der Waals surface area contributed by atoms with Crippen molar-refractivity contribution in [3.8, 4) is 0 Å². The standard InChI is InChI=1S/C15H23NO/c1-3-10-16(13-8-9-13)11-15(17)14-7-5-4-6-12(14)2/h4-7,13,15,17H,3,8-11H2,1-2H3. The first-order chi connectivity index (χ1) is 8.22. The van der Waals surface area contributed by atoms with E-state index in [0.29, 0.717) is 0 Å². The zero-order valence-corrected chi connectivity index (χ0v) is 10.9. The van der Waals surface area contributed by atoms with Crippen LogP contribution in [0.4, 0.5) is 0 Å². The van der Waals surface area contributed by atoms with E-state index in [1.54, 1.807) is 0 Å².